The molecule has 1 fully saturated rings. The molecule has 3 heteroatoms. The van der Waals surface area contributed by atoms with E-state index in [-0.39, 0.29) is 12.0 Å². The summed E-state index contributed by atoms with van der Waals surface area (Å²) in [4.78, 5) is 0. The highest BCUT2D eigenvalue weighted by atomic mass is 16.6. The van der Waals surface area contributed by atoms with Crippen molar-refractivity contribution < 1.29 is 9.84 Å². The maximum absolute atomic E-state index is 9.31. The van der Waals surface area contributed by atoms with Crippen molar-refractivity contribution in [3.63, 3.8) is 0 Å². The fourth-order valence-electron chi connectivity index (χ4n) is 0.823. The lowest BCUT2D eigenvalue weighted by atomic mass is 10.0. The highest BCUT2D eigenvalue weighted by Crippen LogP contribution is 2.18. The van der Waals surface area contributed by atoms with E-state index in [0.29, 0.717) is 13.0 Å². The zero-order valence-corrected chi connectivity index (χ0v) is 5.99. The number of hydrogen-bond donors (Lipinski definition) is 2. The fraction of sp³-hybridized carbons (Fsp3) is 0.857. The zero-order chi connectivity index (χ0) is 7.56. The molecule has 1 aliphatic heterocycles. The first-order chi connectivity index (χ1) is 4.74. The summed E-state index contributed by atoms with van der Waals surface area (Å²) in [7, 11) is 0. The lowest BCUT2D eigenvalue weighted by Crippen LogP contribution is -2.26. The van der Waals surface area contributed by atoms with Crippen LogP contribution in [-0.4, -0.2) is 30.5 Å². The van der Waals surface area contributed by atoms with Crippen LogP contribution in [0.2, 0.25) is 0 Å². The molecule has 0 bridgehead atoms. The molecule has 10 heavy (non-hydrogen) atoms. The van der Waals surface area contributed by atoms with Gasteiger partial charge in [0, 0.05) is 6.42 Å². The van der Waals surface area contributed by atoms with Crippen LogP contribution in [0.1, 0.15) is 6.42 Å². The lowest BCUT2D eigenvalue weighted by Gasteiger charge is -2.14. The molecule has 1 rings (SSSR count). The maximum Gasteiger partial charge on any atom is 0.0834 e. The average molecular weight is 144 g/mol. The quantitative estimate of drug-likeness (QED) is 0.525. The Morgan fingerprint density at radius 1 is 1.80 bits per heavy atom. The second-order valence-corrected chi connectivity index (χ2v) is 2.75. The van der Waals surface area contributed by atoms with Gasteiger partial charge in [0.15, 0.2) is 0 Å². The van der Waals surface area contributed by atoms with Gasteiger partial charge in [0.1, 0.15) is 0 Å². The smallest absolute Gasteiger partial charge is 0.0834 e. The topological polar surface area (TPSA) is 58.8 Å². The van der Waals surface area contributed by atoms with Crippen LogP contribution < -0.4 is 5.73 Å². The molecular formula is C7H14NO2. The van der Waals surface area contributed by atoms with Crippen LogP contribution in [0.25, 0.3) is 0 Å². The molecule has 0 aromatic rings. The summed E-state index contributed by atoms with van der Waals surface area (Å²) in [6.45, 7) is 4.93. The van der Waals surface area contributed by atoms with Gasteiger partial charge >= 0.3 is 0 Å². The Morgan fingerprint density at radius 3 is 2.80 bits per heavy atom. The van der Waals surface area contributed by atoms with Gasteiger partial charge in [-0.05, 0) is 19.4 Å². The molecule has 1 heterocycles. The minimum absolute atomic E-state index is 0.0517. The predicted molar refractivity (Wildman–Crippen MR) is 38.3 cm³/mol. The highest BCUT2D eigenvalue weighted by Gasteiger charge is 2.27. The van der Waals surface area contributed by atoms with E-state index in [0.717, 1.165) is 6.61 Å². The Labute approximate surface area is 61.2 Å². The first-order valence-corrected chi connectivity index (χ1v) is 3.57. The van der Waals surface area contributed by atoms with Crippen LogP contribution in [0.3, 0.4) is 0 Å². The van der Waals surface area contributed by atoms with Gasteiger partial charge in [-0.3, -0.25) is 0 Å². The summed E-state index contributed by atoms with van der Waals surface area (Å²) in [5.41, 5.74) is 5.31. The van der Waals surface area contributed by atoms with Crippen LogP contribution in [0.5, 0.6) is 0 Å². The zero-order valence-electron chi connectivity index (χ0n) is 5.99. The monoisotopic (exact) mass is 144 g/mol. The third-order valence-corrected chi connectivity index (χ3v) is 1.75. The van der Waals surface area contributed by atoms with Crippen LogP contribution >= 0.6 is 0 Å². The first-order valence-electron chi connectivity index (χ1n) is 3.57. The lowest BCUT2D eigenvalue weighted by molar-refractivity contribution is 0.113. The molecule has 0 spiro atoms. The average Bonchev–Trinajstić information content (AvgIpc) is 2.70. The summed E-state index contributed by atoms with van der Waals surface area (Å²) in [5.74, 6) is -0.0517. The number of aliphatic hydroxyl groups is 1. The molecule has 1 aliphatic rings. The maximum atomic E-state index is 9.31. The highest BCUT2D eigenvalue weighted by molar-refractivity contribution is 4.79. The van der Waals surface area contributed by atoms with Crippen molar-refractivity contribution in [2.24, 2.45) is 11.7 Å². The molecule has 59 valence electrons. The Kier molecular flexibility index (Phi) is 2.65. The van der Waals surface area contributed by atoms with Crippen LogP contribution in [-0.2, 0) is 4.74 Å². The van der Waals surface area contributed by atoms with Crippen molar-refractivity contribution in [3.8, 4) is 0 Å². The van der Waals surface area contributed by atoms with Gasteiger partial charge in [-0.2, -0.15) is 0 Å². The van der Waals surface area contributed by atoms with E-state index in [1.807, 2.05) is 0 Å². The van der Waals surface area contributed by atoms with Crippen molar-refractivity contribution >= 4 is 0 Å². The second-order valence-electron chi connectivity index (χ2n) is 2.75. The predicted octanol–water partition coefficient (Wildman–Crippen LogP) is -0.455. The normalized spacial score (nSPS) is 29.7. The van der Waals surface area contributed by atoms with Crippen molar-refractivity contribution in [3.05, 3.63) is 6.92 Å². The van der Waals surface area contributed by atoms with Crippen molar-refractivity contribution in [2.45, 2.75) is 18.6 Å². The molecule has 0 aromatic carbocycles. The molecule has 3 unspecified atom stereocenters. The third kappa shape index (κ3) is 2.25. The van der Waals surface area contributed by atoms with Gasteiger partial charge in [-0.1, -0.05) is 0 Å². The van der Waals surface area contributed by atoms with Crippen molar-refractivity contribution in [2.75, 3.05) is 13.2 Å². The van der Waals surface area contributed by atoms with Gasteiger partial charge in [0.05, 0.1) is 18.8 Å². The Balaban J connectivity index is 2.11. The van der Waals surface area contributed by atoms with Crippen molar-refractivity contribution in [1.29, 1.82) is 0 Å². The minimum Gasteiger partial charge on any atom is -0.393 e. The molecule has 3 atom stereocenters. The number of hydrogen-bond acceptors (Lipinski definition) is 3. The molecule has 1 saturated heterocycles. The van der Waals surface area contributed by atoms with Gasteiger partial charge in [-0.25, -0.2) is 0 Å². The summed E-state index contributed by atoms with van der Waals surface area (Å²) in [6, 6.07) is 0. The molecular weight excluding hydrogens is 130 g/mol. The van der Waals surface area contributed by atoms with E-state index in [1.165, 1.54) is 0 Å². The van der Waals surface area contributed by atoms with Gasteiger partial charge in [0.2, 0.25) is 0 Å². The fourth-order valence-corrected chi connectivity index (χ4v) is 0.823. The van der Waals surface area contributed by atoms with Crippen LogP contribution in [0, 0.1) is 12.8 Å². The summed E-state index contributed by atoms with van der Waals surface area (Å²) >= 11 is 0. The van der Waals surface area contributed by atoms with E-state index in [2.05, 4.69) is 6.92 Å². The number of epoxide rings is 1. The van der Waals surface area contributed by atoms with E-state index in [9.17, 15) is 5.11 Å². The van der Waals surface area contributed by atoms with Gasteiger partial charge < -0.3 is 15.6 Å². The third-order valence-electron chi connectivity index (χ3n) is 1.75. The standard InChI is InChI=1S/C7H14NO2/c1-5(3-8)7(9)2-6-4-10-6/h5-7,9H,1-4,8H2. The number of rotatable bonds is 4. The van der Waals surface area contributed by atoms with E-state index in [1.54, 1.807) is 0 Å². The number of nitrogens with two attached hydrogens (primary N) is 1. The first kappa shape index (κ1) is 7.98. The second kappa shape index (κ2) is 3.32. The Hall–Kier alpha value is -0.120. The van der Waals surface area contributed by atoms with Crippen LogP contribution in [0.4, 0.5) is 0 Å². The van der Waals surface area contributed by atoms with Gasteiger partial charge in [-0.15, -0.1) is 0 Å². The van der Waals surface area contributed by atoms with E-state index in [4.69, 9.17) is 10.5 Å². The minimum atomic E-state index is -0.391. The molecule has 0 amide bonds. The largest absolute Gasteiger partial charge is 0.393 e. The van der Waals surface area contributed by atoms with Gasteiger partial charge in [0.25, 0.3) is 0 Å². The molecule has 3 nitrogen and oxygen atoms in total. The summed E-state index contributed by atoms with van der Waals surface area (Å²) in [6.07, 6.45) is 0.564. The molecule has 1 radical (unpaired) electrons. The van der Waals surface area contributed by atoms with E-state index < -0.39 is 6.10 Å². The molecule has 0 saturated carbocycles. The number of aliphatic hydroxyl groups excluding tert-OH is 1. The number of ether oxygens (including phenoxy) is 1. The molecule has 3 N–H and O–H groups in total. The molecule has 0 aliphatic carbocycles. The molecule has 0 aromatic heterocycles. The van der Waals surface area contributed by atoms with Crippen molar-refractivity contribution in [1.82, 2.24) is 0 Å². The summed E-state index contributed by atoms with van der Waals surface area (Å²) < 4.78 is 4.95. The van der Waals surface area contributed by atoms with Crippen LogP contribution in [0.15, 0.2) is 0 Å². The Morgan fingerprint density at radius 2 is 2.40 bits per heavy atom. The van der Waals surface area contributed by atoms with E-state index >= 15 is 0 Å². The Bertz CT molecular complexity index is 104. The SMILES string of the molecule is [CH2]C(CN)C(O)CC1CO1. The summed E-state index contributed by atoms with van der Waals surface area (Å²) in [5, 5.41) is 9.31.